The zero-order valence-corrected chi connectivity index (χ0v) is 12.0. The number of carbonyl (C=O) groups is 1. The van der Waals surface area contributed by atoms with Gasteiger partial charge in [-0.1, -0.05) is 0 Å². The molecule has 2 amide bonds. The van der Waals surface area contributed by atoms with Gasteiger partial charge in [0.15, 0.2) is 11.6 Å². The number of anilines is 2. The second kappa shape index (κ2) is 5.46. The van der Waals surface area contributed by atoms with Crippen molar-refractivity contribution in [3.8, 4) is 5.75 Å². The Morgan fingerprint density at radius 1 is 1.30 bits per heavy atom. The summed E-state index contributed by atoms with van der Waals surface area (Å²) in [5.74, 6) is 1.11. The molecule has 0 bridgehead atoms. The van der Waals surface area contributed by atoms with Crippen molar-refractivity contribution < 1.29 is 9.53 Å². The predicted octanol–water partition coefficient (Wildman–Crippen LogP) is 2.67. The van der Waals surface area contributed by atoms with Crippen LogP contribution in [0.25, 0.3) is 0 Å². The minimum atomic E-state index is -0.244. The third-order valence-electron chi connectivity index (χ3n) is 2.81. The first-order chi connectivity index (χ1) is 9.74. The number of pyridine rings is 2. The molecule has 102 valence electrons. The average Bonchev–Trinajstić information content (AvgIpc) is 2.47. The number of rotatable bonds is 1. The average molecular weight is 335 g/mol. The van der Waals surface area contributed by atoms with Gasteiger partial charge in [0.2, 0.25) is 0 Å². The Kier molecular flexibility index (Phi) is 3.51. The number of carbonyl (C=O) groups excluding carboxylic acids is 1. The molecule has 1 aliphatic heterocycles. The molecule has 1 N–H and O–H groups in total. The van der Waals surface area contributed by atoms with Gasteiger partial charge in [0, 0.05) is 18.1 Å². The fraction of sp³-hybridized carbons (Fsp3) is 0.154. The molecule has 20 heavy (non-hydrogen) atoms. The van der Waals surface area contributed by atoms with Crippen LogP contribution in [-0.4, -0.2) is 29.2 Å². The topological polar surface area (TPSA) is 67.4 Å². The molecule has 0 atom stereocenters. The van der Waals surface area contributed by atoms with E-state index in [9.17, 15) is 4.79 Å². The van der Waals surface area contributed by atoms with Gasteiger partial charge in [0.1, 0.15) is 11.2 Å². The van der Waals surface area contributed by atoms with Crippen LogP contribution in [0.4, 0.5) is 16.3 Å². The number of ether oxygens (including phenoxy) is 1. The highest BCUT2D eigenvalue weighted by Gasteiger charge is 2.25. The first-order valence-corrected chi connectivity index (χ1v) is 6.81. The molecule has 2 aromatic rings. The third kappa shape index (κ3) is 2.57. The second-order valence-electron chi connectivity index (χ2n) is 4.12. The van der Waals surface area contributed by atoms with Crippen molar-refractivity contribution >= 4 is 33.5 Å². The predicted molar refractivity (Wildman–Crippen MR) is 78.0 cm³/mol. The lowest BCUT2D eigenvalue weighted by Gasteiger charge is -2.28. The molecule has 2 aromatic heterocycles. The lowest BCUT2D eigenvalue weighted by molar-refractivity contribution is 0.249. The van der Waals surface area contributed by atoms with Gasteiger partial charge in [-0.25, -0.2) is 9.78 Å². The maximum absolute atomic E-state index is 12.3. The van der Waals surface area contributed by atoms with Gasteiger partial charge >= 0.3 is 6.03 Å². The summed E-state index contributed by atoms with van der Waals surface area (Å²) in [6.07, 6.45) is 3.25. The first-order valence-electron chi connectivity index (χ1n) is 6.02. The summed E-state index contributed by atoms with van der Waals surface area (Å²) >= 11 is 3.30. The van der Waals surface area contributed by atoms with E-state index >= 15 is 0 Å². The molecule has 7 heteroatoms. The van der Waals surface area contributed by atoms with Gasteiger partial charge in [-0.2, -0.15) is 0 Å². The molecule has 3 heterocycles. The Labute approximate surface area is 123 Å². The van der Waals surface area contributed by atoms with Gasteiger partial charge in [-0.15, -0.1) is 0 Å². The van der Waals surface area contributed by atoms with E-state index in [1.807, 2.05) is 0 Å². The van der Waals surface area contributed by atoms with E-state index in [1.54, 1.807) is 41.6 Å². The maximum Gasteiger partial charge on any atom is 0.327 e. The van der Waals surface area contributed by atoms with Gasteiger partial charge < -0.3 is 10.1 Å². The van der Waals surface area contributed by atoms with E-state index in [1.165, 1.54) is 0 Å². The fourth-order valence-electron chi connectivity index (χ4n) is 1.90. The Morgan fingerprint density at radius 2 is 2.10 bits per heavy atom. The van der Waals surface area contributed by atoms with Crippen molar-refractivity contribution in [1.82, 2.24) is 9.97 Å². The molecule has 1 aliphatic rings. The Bertz CT molecular complexity index is 636. The van der Waals surface area contributed by atoms with Gasteiger partial charge in [-0.3, -0.25) is 9.88 Å². The Hall–Kier alpha value is -2.15. The van der Waals surface area contributed by atoms with E-state index in [0.29, 0.717) is 35.0 Å². The largest absolute Gasteiger partial charge is 0.488 e. The fourth-order valence-corrected chi connectivity index (χ4v) is 2.20. The molecule has 6 nitrogen and oxygen atoms in total. The van der Waals surface area contributed by atoms with Crippen LogP contribution in [0.5, 0.6) is 5.75 Å². The first kappa shape index (κ1) is 12.9. The molecule has 0 spiro atoms. The van der Waals surface area contributed by atoms with Crippen LogP contribution in [0.1, 0.15) is 0 Å². The summed E-state index contributed by atoms with van der Waals surface area (Å²) in [6, 6.07) is 6.79. The highest BCUT2D eigenvalue weighted by Crippen LogP contribution is 2.31. The van der Waals surface area contributed by atoms with Crippen LogP contribution in [0.15, 0.2) is 41.3 Å². The number of aromatic nitrogens is 2. The number of halogens is 1. The van der Waals surface area contributed by atoms with Crippen LogP contribution in [0.3, 0.4) is 0 Å². The smallest absolute Gasteiger partial charge is 0.327 e. The third-order valence-corrected chi connectivity index (χ3v) is 3.25. The van der Waals surface area contributed by atoms with Crippen LogP contribution < -0.4 is 15.0 Å². The summed E-state index contributed by atoms with van der Waals surface area (Å²) in [5, 5.41) is 2.81. The van der Waals surface area contributed by atoms with Crippen LogP contribution in [0, 0.1) is 0 Å². The molecule has 0 unspecified atom stereocenters. The Balaban J connectivity index is 1.85. The number of nitrogens with zero attached hydrogens (tertiary/aromatic N) is 3. The second-order valence-corrected chi connectivity index (χ2v) is 4.93. The SMILES string of the molecule is O=C(Nc1ccncc1)N1CCOc2ccc(Br)nc21. The number of amides is 2. The standard InChI is InChI=1S/C13H11BrN4O2/c14-11-2-1-10-12(17-11)18(7-8-20-10)13(19)16-9-3-5-15-6-4-9/h1-6H,7-8H2,(H,15,16,19). The minimum absolute atomic E-state index is 0.244. The summed E-state index contributed by atoms with van der Waals surface area (Å²) in [4.78, 5) is 22.1. The van der Waals surface area contributed by atoms with E-state index in [0.717, 1.165) is 0 Å². The number of fused-ring (bicyclic) bond motifs is 1. The molecular formula is C13H11BrN4O2. The van der Waals surface area contributed by atoms with Crippen molar-refractivity contribution in [2.45, 2.75) is 0 Å². The number of urea groups is 1. The monoisotopic (exact) mass is 334 g/mol. The minimum Gasteiger partial charge on any atom is -0.488 e. The van der Waals surface area contributed by atoms with Crippen molar-refractivity contribution in [3.05, 3.63) is 41.3 Å². The highest BCUT2D eigenvalue weighted by molar-refractivity contribution is 9.10. The lowest BCUT2D eigenvalue weighted by atomic mass is 10.3. The summed E-state index contributed by atoms with van der Waals surface area (Å²) in [5.41, 5.74) is 0.688. The van der Waals surface area contributed by atoms with Crippen LogP contribution in [-0.2, 0) is 0 Å². The molecule has 0 saturated heterocycles. The number of nitrogens with one attached hydrogen (secondary N) is 1. The molecule has 0 saturated carbocycles. The normalized spacial score (nSPS) is 13.3. The van der Waals surface area contributed by atoms with Crippen molar-refractivity contribution in [3.63, 3.8) is 0 Å². The molecule has 0 aromatic carbocycles. The van der Waals surface area contributed by atoms with E-state index in [2.05, 4.69) is 31.2 Å². The zero-order valence-electron chi connectivity index (χ0n) is 10.4. The molecule has 0 aliphatic carbocycles. The maximum atomic E-state index is 12.3. The van der Waals surface area contributed by atoms with E-state index in [4.69, 9.17) is 4.74 Å². The van der Waals surface area contributed by atoms with Gasteiger partial charge in [0.05, 0.1) is 6.54 Å². The summed E-state index contributed by atoms with van der Waals surface area (Å²) in [6.45, 7) is 0.896. The van der Waals surface area contributed by atoms with Gasteiger partial charge in [0.25, 0.3) is 0 Å². The quantitative estimate of drug-likeness (QED) is 0.814. The Morgan fingerprint density at radius 3 is 2.90 bits per heavy atom. The number of hydrogen-bond donors (Lipinski definition) is 1. The molecule has 0 radical (unpaired) electrons. The van der Waals surface area contributed by atoms with Crippen molar-refractivity contribution in [1.29, 1.82) is 0 Å². The summed E-state index contributed by atoms with van der Waals surface area (Å²) < 4.78 is 6.15. The van der Waals surface area contributed by atoms with Crippen LogP contribution in [0.2, 0.25) is 0 Å². The highest BCUT2D eigenvalue weighted by atomic mass is 79.9. The van der Waals surface area contributed by atoms with Crippen molar-refractivity contribution in [2.24, 2.45) is 0 Å². The van der Waals surface area contributed by atoms with Crippen molar-refractivity contribution in [2.75, 3.05) is 23.4 Å². The van der Waals surface area contributed by atoms with Gasteiger partial charge in [-0.05, 0) is 40.2 Å². The number of hydrogen-bond acceptors (Lipinski definition) is 4. The molecular weight excluding hydrogens is 324 g/mol. The zero-order chi connectivity index (χ0) is 13.9. The van der Waals surface area contributed by atoms with E-state index in [-0.39, 0.29) is 6.03 Å². The summed E-state index contributed by atoms with van der Waals surface area (Å²) in [7, 11) is 0. The van der Waals surface area contributed by atoms with E-state index < -0.39 is 0 Å². The molecule has 0 fully saturated rings. The lowest BCUT2D eigenvalue weighted by Crippen LogP contribution is -2.41. The van der Waals surface area contributed by atoms with Crippen LogP contribution >= 0.6 is 15.9 Å². The molecule has 3 rings (SSSR count).